The van der Waals surface area contributed by atoms with Gasteiger partial charge in [0.25, 0.3) is 0 Å². The smallest absolute Gasteiger partial charge is 0.227 e. The van der Waals surface area contributed by atoms with Gasteiger partial charge in [0, 0.05) is 42.9 Å². The van der Waals surface area contributed by atoms with Crippen LogP contribution < -0.4 is 10.2 Å². The van der Waals surface area contributed by atoms with Gasteiger partial charge >= 0.3 is 0 Å². The molecule has 1 radical (unpaired) electrons. The van der Waals surface area contributed by atoms with Crippen LogP contribution in [0.15, 0.2) is 30.5 Å². The Morgan fingerprint density at radius 3 is 2.71 bits per heavy atom. The first-order valence-electron chi connectivity index (χ1n) is 15.3. The molecule has 1 aliphatic carbocycles. The van der Waals surface area contributed by atoms with Crippen molar-refractivity contribution in [2.75, 3.05) is 23.4 Å². The Balaban J connectivity index is 1.52. The Bertz CT molecular complexity index is 1730. The number of nitrogens with zero attached hydrogens (tertiary/aromatic N) is 4. The normalized spacial score (nSPS) is 19.1. The molecular formula is C34H40BClN5O3Si. The van der Waals surface area contributed by atoms with Crippen molar-refractivity contribution < 1.29 is 14.0 Å². The monoisotopic (exact) mass is 640 g/mol. The Morgan fingerprint density at radius 2 is 2.07 bits per heavy atom. The molecule has 1 aliphatic heterocycles. The van der Waals surface area contributed by atoms with Gasteiger partial charge in [-0.1, -0.05) is 39.3 Å². The molecule has 2 unspecified atom stereocenters. The molecule has 0 saturated carbocycles. The van der Waals surface area contributed by atoms with Gasteiger partial charge in [-0.05, 0) is 90.2 Å². The number of benzene rings is 2. The zero-order valence-electron chi connectivity index (χ0n) is 27.3. The number of aromatic nitrogens is 2. The first-order valence-corrected chi connectivity index (χ1v) is 18.6. The van der Waals surface area contributed by atoms with Gasteiger partial charge in [0.2, 0.25) is 19.1 Å². The maximum Gasteiger partial charge on any atom is 0.227 e. The van der Waals surface area contributed by atoms with Gasteiger partial charge in [0.15, 0.2) is 8.32 Å². The molecule has 0 saturated heterocycles. The van der Waals surface area contributed by atoms with Crippen molar-refractivity contribution in [1.29, 1.82) is 5.26 Å². The summed E-state index contributed by atoms with van der Waals surface area (Å²) in [7, 11) is -0.396. The highest BCUT2D eigenvalue weighted by atomic mass is 35.5. The van der Waals surface area contributed by atoms with Crippen LogP contribution in [-0.4, -0.2) is 50.8 Å². The van der Waals surface area contributed by atoms with Crippen LogP contribution in [0.5, 0.6) is 0 Å². The molecule has 1 aromatic heterocycles. The third-order valence-electron chi connectivity index (χ3n) is 9.93. The fraction of sp³-hybridized carbons (Fsp3) is 0.441. The molecule has 11 heteroatoms. The molecule has 2 heterocycles. The number of carbonyl (C=O) groups excluding carboxylic acids is 2. The number of nitrogens with one attached hydrogen (secondary N) is 1. The van der Waals surface area contributed by atoms with E-state index in [1.165, 1.54) is 0 Å². The van der Waals surface area contributed by atoms with Crippen LogP contribution >= 0.6 is 11.6 Å². The molecule has 3 aromatic rings. The van der Waals surface area contributed by atoms with E-state index >= 15 is 0 Å². The second-order valence-corrected chi connectivity index (χ2v) is 19.2. The molecule has 2 aliphatic rings. The van der Waals surface area contributed by atoms with Crippen LogP contribution in [-0.2, 0) is 25.9 Å². The Hall–Kier alpha value is -3.52. The Morgan fingerprint density at radius 1 is 1.33 bits per heavy atom. The number of halogens is 1. The minimum absolute atomic E-state index is 0.0316. The maximum absolute atomic E-state index is 12.1. The van der Waals surface area contributed by atoms with E-state index in [1.807, 2.05) is 25.1 Å². The Labute approximate surface area is 272 Å². The third-order valence-corrected chi connectivity index (χ3v) is 14.7. The van der Waals surface area contributed by atoms with E-state index in [4.69, 9.17) is 21.0 Å². The molecule has 1 N–H and O–H groups in total. The van der Waals surface area contributed by atoms with Crippen LogP contribution in [0.25, 0.3) is 11.3 Å². The molecule has 0 fully saturated rings. The molecule has 0 spiro atoms. The van der Waals surface area contributed by atoms with Crippen LogP contribution in [0.4, 0.5) is 17.3 Å². The lowest BCUT2D eigenvalue weighted by atomic mass is 9.62. The zero-order chi connectivity index (χ0) is 32.9. The topological polar surface area (TPSA) is 108 Å². The van der Waals surface area contributed by atoms with Gasteiger partial charge in [-0.3, -0.25) is 4.79 Å². The SMILES string of the molecule is CC(=O)N1CCc2c(C)c(Nc3nccc(-c4cc(C#N)c5c(c4)C(C)(CO[Si](C)(C)C(C)(C)C)CC5[B]C=O)n3)cc(Cl)c21. The van der Waals surface area contributed by atoms with Gasteiger partial charge in [-0.15, -0.1) is 0 Å². The standard InChI is InChI=1S/C34H40BClN5O3Si/c1-20-24-10-12-41(21(2)43)31(24)27(36)15-29(20)40-32-38-11-9-28(39-32)22-13-23(17-37)30-25(14-22)34(6,16-26(30)35-19-42)18-44-45(7,8)33(3,4)5/h9,11,13-15,19,26H,10,12,16,18H2,1-8H3,(H,38,39,40). The number of fused-ring (bicyclic) bond motifs is 2. The van der Waals surface area contributed by atoms with Gasteiger partial charge in [0.1, 0.15) is 0 Å². The number of hydrogen-bond acceptors (Lipinski definition) is 7. The van der Waals surface area contributed by atoms with Crippen molar-refractivity contribution >= 4 is 56.6 Å². The van der Waals surface area contributed by atoms with Crippen molar-refractivity contribution in [2.45, 2.75) is 83.7 Å². The molecule has 5 rings (SSSR count). The molecule has 2 aromatic carbocycles. The lowest BCUT2D eigenvalue weighted by Gasteiger charge is -2.39. The number of carbonyl (C=O) groups is 2. The van der Waals surface area contributed by atoms with Crippen molar-refractivity contribution in [2.24, 2.45) is 0 Å². The van der Waals surface area contributed by atoms with Gasteiger partial charge in [-0.25, -0.2) is 9.97 Å². The summed E-state index contributed by atoms with van der Waals surface area (Å²) in [5, 5.41) is 14.2. The lowest BCUT2D eigenvalue weighted by molar-refractivity contribution is -0.116. The summed E-state index contributed by atoms with van der Waals surface area (Å²) < 4.78 is 6.73. The minimum Gasteiger partial charge on any atom is -0.416 e. The highest BCUT2D eigenvalue weighted by molar-refractivity contribution is 6.74. The number of anilines is 3. The summed E-state index contributed by atoms with van der Waals surface area (Å²) in [5.41, 5.74) is 7.08. The van der Waals surface area contributed by atoms with E-state index in [1.54, 1.807) is 25.3 Å². The fourth-order valence-corrected chi connectivity index (χ4v) is 7.75. The van der Waals surface area contributed by atoms with E-state index in [0.717, 1.165) is 51.8 Å². The summed E-state index contributed by atoms with van der Waals surface area (Å²) in [5.74, 6) is 0.197. The second kappa shape index (κ2) is 12.0. The fourth-order valence-electron chi connectivity index (χ4n) is 6.31. The zero-order valence-corrected chi connectivity index (χ0v) is 29.1. The third kappa shape index (κ3) is 6.06. The number of nitriles is 1. The predicted molar refractivity (Wildman–Crippen MR) is 184 cm³/mol. The molecule has 0 bridgehead atoms. The molecule has 45 heavy (non-hydrogen) atoms. The van der Waals surface area contributed by atoms with E-state index < -0.39 is 13.7 Å². The lowest BCUT2D eigenvalue weighted by Crippen LogP contribution is -2.44. The quantitative estimate of drug-likeness (QED) is 0.204. The molecule has 2 atom stereocenters. The average Bonchev–Trinajstić information content (AvgIpc) is 3.55. The molecular weight excluding hydrogens is 601 g/mol. The van der Waals surface area contributed by atoms with Crippen LogP contribution in [0.3, 0.4) is 0 Å². The maximum atomic E-state index is 12.1. The highest BCUT2D eigenvalue weighted by Gasteiger charge is 2.45. The minimum atomic E-state index is -2.05. The van der Waals surface area contributed by atoms with Crippen molar-refractivity contribution in [3.8, 4) is 17.3 Å². The molecule has 8 nitrogen and oxygen atoms in total. The predicted octanol–water partition coefficient (Wildman–Crippen LogP) is 7.25. The second-order valence-electron chi connectivity index (χ2n) is 14.0. The summed E-state index contributed by atoms with van der Waals surface area (Å²) >= 11 is 6.67. The van der Waals surface area contributed by atoms with Crippen LogP contribution in [0.2, 0.25) is 23.2 Å². The van der Waals surface area contributed by atoms with Crippen LogP contribution in [0, 0.1) is 18.3 Å². The van der Waals surface area contributed by atoms with E-state index in [2.05, 4.69) is 63.2 Å². The first kappa shape index (κ1) is 32.9. The summed E-state index contributed by atoms with van der Waals surface area (Å²) in [6.45, 7) is 18.0. The Kier molecular flexibility index (Phi) is 8.77. The summed E-state index contributed by atoms with van der Waals surface area (Å²) in [4.78, 5) is 34.8. The summed E-state index contributed by atoms with van der Waals surface area (Å²) in [6.07, 6.45) is 3.93. The van der Waals surface area contributed by atoms with E-state index in [9.17, 15) is 14.9 Å². The number of rotatable bonds is 8. The van der Waals surface area contributed by atoms with Crippen LogP contribution in [0.1, 0.15) is 74.7 Å². The molecule has 1 amide bonds. The number of hydrogen-bond donors (Lipinski definition) is 1. The van der Waals surface area contributed by atoms with Gasteiger partial charge in [0.05, 0.1) is 34.2 Å². The largest absolute Gasteiger partial charge is 0.416 e. The first-order chi connectivity index (χ1) is 21.1. The van der Waals surface area contributed by atoms with E-state index in [-0.39, 0.29) is 16.8 Å². The summed E-state index contributed by atoms with van der Waals surface area (Å²) in [6, 6.07) is 9.99. The van der Waals surface area contributed by atoms with E-state index in [0.29, 0.717) is 41.8 Å². The number of amides is 1. The van der Waals surface area contributed by atoms with Crippen molar-refractivity contribution in [1.82, 2.24) is 9.97 Å². The average molecular weight is 641 g/mol. The molecule has 233 valence electrons. The van der Waals surface area contributed by atoms with Crippen molar-refractivity contribution in [3.05, 3.63) is 63.3 Å². The van der Waals surface area contributed by atoms with Crippen molar-refractivity contribution in [3.63, 3.8) is 0 Å². The van der Waals surface area contributed by atoms with Gasteiger partial charge < -0.3 is 19.4 Å². The highest BCUT2D eigenvalue weighted by Crippen LogP contribution is 2.50. The van der Waals surface area contributed by atoms with Gasteiger partial charge in [-0.2, -0.15) is 5.26 Å².